The minimum Gasteiger partial charge on any atom is -0.317 e. The van der Waals surface area contributed by atoms with Crippen LogP contribution in [0.2, 0.25) is 0 Å². The first-order valence-electron chi connectivity index (χ1n) is 5.49. The van der Waals surface area contributed by atoms with E-state index < -0.39 is 11.1 Å². The van der Waals surface area contributed by atoms with Gasteiger partial charge in [0.25, 0.3) is 0 Å². The first-order chi connectivity index (χ1) is 7.56. The molecular formula is C11H19N3O2. The molecule has 90 valence electrons. The monoisotopic (exact) mass is 225 g/mol. The van der Waals surface area contributed by atoms with Crippen LogP contribution in [0.5, 0.6) is 0 Å². The van der Waals surface area contributed by atoms with E-state index in [-0.39, 0.29) is 0 Å². The van der Waals surface area contributed by atoms with Crippen LogP contribution in [0.4, 0.5) is 0 Å². The highest BCUT2D eigenvalue weighted by Crippen LogP contribution is 1.97. The van der Waals surface area contributed by atoms with Gasteiger partial charge < -0.3 is 14.5 Å². The average Bonchev–Trinajstić information content (AvgIpc) is 2.29. The Kier molecular flexibility index (Phi) is 4.49. The number of nitrogens with zero attached hydrogens (tertiary/aromatic N) is 2. The molecule has 0 saturated carbocycles. The van der Waals surface area contributed by atoms with Crippen LogP contribution in [0.3, 0.4) is 0 Å². The molecular weight excluding hydrogens is 206 g/mol. The molecule has 1 rings (SSSR count). The molecule has 0 radical (unpaired) electrons. The molecule has 1 atom stereocenters. The summed E-state index contributed by atoms with van der Waals surface area (Å²) in [4.78, 5) is 22.9. The molecule has 0 aliphatic carbocycles. The summed E-state index contributed by atoms with van der Waals surface area (Å²) >= 11 is 0. The lowest BCUT2D eigenvalue weighted by Crippen LogP contribution is -2.39. The molecule has 16 heavy (non-hydrogen) atoms. The zero-order valence-electron chi connectivity index (χ0n) is 10.1. The number of hydrogen-bond acceptors (Lipinski definition) is 3. The van der Waals surface area contributed by atoms with E-state index in [0.29, 0.717) is 12.6 Å². The molecule has 0 aliphatic rings. The standard InChI is InChI=1S/C11H19N3O2/c1-9(12-2)5-4-6-14-8-7-13(3)10(15)11(14)16/h7-9,12H,4-6H2,1-3H3. The Morgan fingerprint density at radius 2 is 2.00 bits per heavy atom. The van der Waals surface area contributed by atoms with Crippen LogP contribution < -0.4 is 16.4 Å². The summed E-state index contributed by atoms with van der Waals surface area (Å²) in [5.74, 6) is 0. The lowest BCUT2D eigenvalue weighted by Gasteiger charge is -2.10. The van der Waals surface area contributed by atoms with Gasteiger partial charge in [0.2, 0.25) is 0 Å². The van der Waals surface area contributed by atoms with Gasteiger partial charge in [-0.3, -0.25) is 9.59 Å². The Morgan fingerprint density at radius 1 is 1.31 bits per heavy atom. The topological polar surface area (TPSA) is 56.0 Å². The quantitative estimate of drug-likeness (QED) is 0.714. The van der Waals surface area contributed by atoms with E-state index in [1.807, 2.05) is 7.05 Å². The normalized spacial score (nSPS) is 12.7. The second-order valence-corrected chi connectivity index (χ2v) is 4.04. The Balaban J connectivity index is 2.66. The lowest BCUT2D eigenvalue weighted by atomic mass is 10.2. The van der Waals surface area contributed by atoms with E-state index in [1.165, 1.54) is 9.13 Å². The van der Waals surface area contributed by atoms with E-state index in [9.17, 15) is 9.59 Å². The Hall–Kier alpha value is -1.36. The second kappa shape index (κ2) is 5.65. The van der Waals surface area contributed by atoms with Crippen LogP contribution in [-0.2, 0) is 13.6 Å². The van der Waals surface area contributed by atoms with Gasteiger partial charge in [0, 0.05) is 32.0 Å². The molecule has 1 aromatic rings. The molecule has 1 heterocycles. The summed E-state index contributed by atoms with van der Waals surface area (Å²) in [6, 6.07) is 0.433. The summed E-state index contributed by atoms with van der Waals surface area (Å²) in [6.45, 7) is 2.69. The summed E-state index contributed by atoms with van der Waals surface area (Å²) in [6.07, 6.45) is 5.15. The maximum Gasteiger partial charge on any atom is 0.316 e. The summed E-state index contributed by atoms with van der Waals surface area (Å²) in [7, 11) is 3.49. The predicted molar refractivity (Wildman–Crippen MR) is 63.7 cm³/mol. The molecule has 0 bridgehead atoms. The summed E-state index contributed by atoms with van der Waals surface area (Å²) < 4.78 is 2.78. The van der Waals surface area contributed by atoms with Crippen molar-refractivity contribution >= 4 is 0 Å². The largest absolute Gasteiger partial charge is 0.317 e. The minimum atomic E-state index is -0.468. The second-order valence-electron chi connectivity index (χ2n) is 4.04. The number of aromatic nitrogens is 2. The smallest absolute Gasteiger partial charge is 0.316 e. The molecule has 1 N–H and O–H groups in total. The van der Waals surface area contributed by atoms with E-state index in [2.05, 4.69) is 12.2 Å². The van der Waals surface area contributed by atoms with Gasteiger partial charge in [0.1, 0.15) is 0 Å². The molecule has 5 nitrogen and oxygen atoms in total. The summed E-state index contributed by atoms with van der Waals surface area (Å²) in [5, 5.41) is 3.13. The van der Waals surface area contributed by atoms with Crippen molar-refractivity contribution in [3.8, 4) is 0 Å². The van der Waals surface area contributed by atoms with Gasteiger partial charge in [-0.15, -0.1) is 0 Å². The highest BCUT2D eigenvalue weighted by Gasteiger charge is 2.03. The molecule has 0 aromatic carbocycles. The van der Waals surface area contributed by atoms with Crippen LogP contribution in [0.1, 0.15) is 19.8 Å². The van der Waals surface area contributed by atoms with Gasteiger partial charge in [0.05, 0.1) is 0 Å². The Labute approximate surface area is 94.7 Å². The zero-order valence-corrected chi connectivity index (χ0v) is 10.1. The minimum absolute atomic E-state index is 0.433. The van der Waals surface area contributed by atoms with Crippen molar-refractivity contribution in [3.63, 3.8) is 0 Å². The highest BCUT2D eigenvalue weighted by atomic mass is 16.2. The number of hydrogen-bond donors (Lipinski definition) is 1. The molecule has 0 amide bonds. The van der Waals surface area contributed by atoms with Crippen molar-refractivity contribution < 1.29 is 0 Å². The first-order valence-corrected chi connectivity index (χ1v) is 5.49. The maximum atomic E-state index is 11.5. The third-order valence-corrected chi connectivity index (χ3v) is 2.76. The van der Waals surface area contributed by atoms with Crippen LogP contribution in [0, 0.1) is 0 Å². The number of aryl methyl sites for hydroxylation is 2. The molecule has 1 aromatic heterocycles. The summed E-state index contributed by atoms with van der Waals surface area (Å²) in [5.41, 5.74) is -0.911. The SMILES string of the molecule is CNC(C)CCCn1ccn(C)c(=O)c1=O. The van der Waals surface area contributed by atoms with Crippen molar-refractivity contribution in [2.24, 2.45) is 7.05 Å². The van der Waals surface area contributed by atoms with Crippen molar-refractivity contribution in [1.82, 2.24) is 14.5 Å². The van der Waals surface area contributed by atoms with Crippen LogP contribution in [-0.4, -0.2) is 22.2 Å². The van der Waals surface area contributed by atoms with Crippen LogP contribution in [0.25, 0.3) is 0 Å². The van der Waals surface area contributed by atoms with E-state index in [4.69, 9.17) is 0 Å². The molecule has 0 fully saturated rings. The molecule has 0 saturated heterocycles. The van der Waals surface area contributed by atoms with Crippen LogP contribution in [0.15, 0.2) is 22.0 Å². The van der Waals surface area contributed by atoms with Crippen molar-refractivity contribution in [1.29, 1.82) is 0 Å². The van der Waals surface area contributed by atoms with Crippen molar-refractivity contribution in [2.45, 2.75) is 32.4 Å². The predicted octanol–water partition coefficient (Wildman–Crippen LogP) is -0.0649. The molecule has 0 aliphatic heterocycles. The molecule has 0 spiro atoms. The zero-order chi connectivity index (χ0) is 12.1. The van der Waals surface area contributed by atoms with Gasteiger partial charge >= 0.3 is 11.1 Å². The van der Waals surface area contributed by atoms with Gasteiger partial charge in [0.15, 0.2) is 0 Å². The van der Waals surface area contributed by atoms with Crippen LogP contribution >= 0.6 is 0 Å². The number of rotatable bonds is 5. The average molecular weight is 225 g/mol. The van der Waals surface area contributed by atoms with E-state index in [0.717, 1.165) is 12.8 Å². The maximum absolute atomic E-state index is 11.5. The fraction of sp³-hybridized carbons (Fsp3) is 0.636. The third-order valence-electron chi connectivity index (χ3n) is 2.76. The highest BCUT2D eigenvalue weighted by molar-refractivity contribution is 4.84. The van der Waals surface area contributed by atoms with E-state index >= 15 is 0 Å². The Bertz CT molecular complexity index is 447. The molecule has 1 unspecified atom stereocenters. The Morgan fingerprint density at radius 3 is 2.62 bits per heavy atom. The third kappa shape index (κ3) is 3.06. The van der Waals surface area contributed by atoms with Crippen molar-refractivity contribution in [2.75, 3.05) is 7.05 Å². The van der Waals surface area contributed by atoms with Gasteiger partial charge in [-0.05, 0) is 26.8 Å². The fourth-order valence-electron chi connectivity index (χ4n) is 1.48. The van der Waals surface area contributed by atoms with Crippen molar-refractivity contribution in [3.05, 3.63) is 33.1 Å². The molecule has 5 heteroatoms. The number of nitrogens with one attached hydrogen (secondary N) is 1. The fourth-order valence-corrected chi connectivity index (χ4v) is 1.48. The van der Waals surface area contributed by atoms with Gasteiger partial charge in [-0.1, -0.05) is 0 Å². The van der Waals surface area contributed by atoms with E-state index in [1.54, 1.807) is 19.4 Å². The first kappa shape index (κ1) is 12.7. The lowest BCUT2D eigenvalue weighted by molar-refractivity contribution is 0.497. The van der Waals surface area contributed by atoms with Gasteiger partial charge in [-0.25, -0.2) is 0 Å². The van der Waals surface area contributed by atoms with Gasteiger partial charge in [-0.2, -0.15) is 0 Å².